The molecule has 0 aliphatic rings. The Morgan fingerprint density at radius 2 is 2.06 bits per heavy atom. The van der Waals surface area contributed by atoms with Crippen LogP contribution in [0.3, 0.4) is 0 Å². The average Bonchev–Trinajstić information content (AvgIpc) is 2.13. The van der Waals surface area contributed by atoms with Crippen LogP contribution in [0.2, 0.25) is 0 Å². The number of aromatic amines is 1. The van der Waals surface area contributed by atoms with E-state index in [0.717, 1.165) is 5.69 Å². The van der Waals surface area contributed by atoms with Crippen molar-refractivity contribution >= 4 is 6.09 Å². The number of carbonyl (C=O) groups excluding carboxylic acids is 1. The lowest BCUT2D eigenvalue weighted by molar-refractivity contribution is 0.0523. The van der Waals surface area contributed by atoms with Gasteiger partial charge in [-0.1, -0.05) is 6.07 Å². The summed E-state index contributed by atoms with van der Waals surface area (Å²) < 4.78 is 5.06. The second kappa shape index (κ2) is 5.03. The van der Waals surface area contributed by atoms with E-state index in [2.05, 4.69) is 10.3 Å². The first kappa shape index (κ1) is 13.3. The van der Waals surface area contributed by atoms with Crippen molar-refractivity contribution in [3.05, 3.63) is 33.7 Å². The number of ether oxygens (including phenoxy) is 1. The molecule has 0 saturated carbocycles. The minimum absolute atomic E-state index is 0.157. The minimum atomic E-state index is -0.538. The van der Waals surface area contributed by atoms with E-state index in [1.54, 1.807) is 39.8 Å². The molecule has 0 spiro atoms. The standard InChI is InChI=1S/C12H18N2O3/c1-8-5-6-9(10(15)14-8)7-13-11(16)17-12(2,3)4/h5-6H,7H2,1-4H3,(H,13,16)(H,14,15). The zero-order valence-electron chi connectivity index (χ0n) is 10.6. The van der Waals surface area contributed by atoms with Crippen LogP contribution in [0.1, 0.15) is 32.0 Å². The third kappa shape index (κ3) is 4.72. The van der Waals surface area contributed by atoms with E-state index in [1.807, 2.05) is 0 Å². The fourth-order valence-corrected chi connectivity index (χ4v) is 1.22. The van der Waals surface area contributed by atoms with E-state index in [9.17, 15) is 9.59 Å². The maximum atomic E-state index is 11.5. The highest BCUT2D eigenvalue weighted by Crippen LogP contribution is 2.06. The lowest BCUT2D eigenvalue weighted by Crippen LogP contribution is -2.33. The zero-order chi connectivity index (χ0) is 13.1. The van der Waals surface area contributed by atoms with Gasteiger partial charge in [-0.15, -0.1) is 0 Å². The predicted octanol–water partition coefficient (Wildman–Crippen LogP) is 1.71. The molecule has 5 nitrogen and oxygen atoms in total. The van der Waals surface area contributed by atoms with Crippen molar-refractivity contribution in [2.45, 2.75) is 39.8 Å². The summed E-state index contributed by atoms with van der Waals surface area (Å²) in [6.07, 6.45) is -0.530. The van der Waals surface area contributed by atoms with Crippen LogP contribution in [0.25, 0.3) is 0 Å². The zero-order valence-corrected chi connectivity index (χ0v) is 10.6. The van der Waals surface area contributed by atoms with Crippen molar-refractivity contribution in [1.82, 2.24) is 10.3 Å². The van der Waals surface area contributed by atoms with Gasteiger partial charge in [0.2, 0.25) is 0 Å². The molecule has 0 saturated heterocycles. The first-order valence-corrected chi connectivity index (χ1v) is 5.43. The number of aromatic nitrogens is 1. The van der Waals surface area contributed by atoms with Gasteiger partial charge in [0.05, 0.1) is 6.54 Å². The van der Waals surface area contributed by atoms with Crippen LogP contribution < -0.4 is 10.9 Å². The summed E-state index contributed by atoms with van der Waals surface area (Å²) in [5.74, 6) is 0. The summed E-state index contributed by atoms with van der Waals surface area (Å²) in [5, 5.41) is 2.53. The first-order chi connectivity index (χ1) is 7.78. The molecule has 1 heterocycles. The maximum absolute atomic E-state index is 11.5. The van der Waals surface area contributed by atoms with Gasteiger partial charge >= 0.3 is 6.09 Å². The molecular weight excluding hydrogens is 220 g/mol. The molecule has 1 aromatic rings. The van der Waals surface area contributed by atoms with Crippen molar-refractivity contribution in [2.75, 3.05) is 0 Å². The number of carbonyl (C=O) groups is 1. The van der Waals surface area contributed by atoms with E-state index < -0.39 is 11.7 Å². The third-order valence-corrected chi connectivity index (χ3v) is 1.96. The summed E-state index contributed by atoms with van der Waals surface area (Å²) >= 11 is 0. The van der Waals surface area contributed by atoms with Crippen molar-refractivity contribution in [3.8, 4) is 0 Å². The fourth-order valence-electron chi connectivity index (χ4n) is 1.22. The highest BCUT2D eigenvalue weighted by molar-refractivity contribution is 5.67. The molecular formula is C12H18N2O3. The molecule has 0 unspecified atom stereocenters. The highest BCUT2D eigenvalue weighted by Gasteiger charge is 2.15. The van der Waals surface area contributed by atoms with Crippen molar-refractivity contribution in [2.24, 2.45) is 0 Å². The SMILES string of the molecule is Cc1ccc(CNC(=O)OC(C)(C)C)c(=O)[nH]1. The Hall–Kier alpha value is -1.78. The molecule has 1 aromatic heterocycles. The summed E-state index contributed by atoms with van der Waals surface area (Å²) in [6.45, 7) is 7.30. The van der Waals surface area contributed by atoms with Gasteiger partial charge in [-0.3, -0.25) is 4.79 Å². The number of alkyl carbamates (subject to hydrolysis) is 1. The molecule has 94 valence electrons. The van der Waals surface area contributed by atoms with E-state index in [4.69, 9.17) is 4.74 Å². The molecule has 0 radical (unpaired) electrons. The molecule has 2 N–H and O–H groups in total. The number of hydrogen-bond acceptors (Lipinski definition) is 3. The minimum Gasteiger partial charge on any atom is -0.444 e. The van der Waals surface area contributed by atoms with Crippen molar-refractivity contribution < 1.29 is 9.53 Å². The summed E-state index contributed by atoms with van der Waals surface area (Å²) in [6, 6.07) is 3.47. The Bertz CT molecular complexity index is 458. The quantitative estimate of drug-likeness (QED) is 0.823. The van der Waals surface area contributed by atoms with Crippen LogP contribution in [-0.4, -0.2) is 16.7 Å². The number of nitrogens with one attached hydrogen (secondary N) is 2. The molecule has 17 heavy (non-hydrogen) atoms. The number of amides is 1. The van der Waals surface area contributed by atoms with E-state index in [1.165, 1.54) is 0 Å². The van der Waals surface area contributed by atoms with Gasteiger partial charge < -0.3 is 15.0 Å². The topological polar surface area (TPSA) is 71.2 Å². The Kier molecular flexibility index (Phi) is 3.93. The summed E-state index contributed by atoms with van der Waals surface area (Å²) in [5.41, 5.74) is 0.558. The summed E-state index contributed by atoms with van der Waals surface area (Å²) in [4.78, 5) is 25.5. The van der Waals surface area contributed by atoms with Crippen LogP contribution >= 0.6 is 0 Å². The lowest BCUT2D eigenvalue weighted by Gasteiger charge is -2.19. The van der Waals surface area contributed by atoms with E-state index in [-0.39, 0.29) is 12.1 Å². The van der Waals surface area contributed by atoms with Crippen LogP contribution in [0, 0.1) is 6.92 Å². The van der Waals surface area contributed by atoms with E-state index >= 15 is 0 Å². The molecule has 0 bridgehead atoms. The third-order valence-electron chi connectivity index (χ3n) is 1.96. The Morgan fingerprint density at radius 3 is 2.59 bits per heavy atom. The fraction of sp³-hybridized carbons (Fsp3) is 0.500. The van der Waals surface area contributed by atoms with Crippen LogP contribution in [0.15, 0.2) is 16.9 Å². The largest absolute Gasteiger partial charge is 0.444 e. The molecule has 0 aliphatic heterocycles. The molecule has 1 rings (SSSR count). The maximum Gasteiger partial charge on any atom is 0.407 e. The molecule has 0 atom stereocenters. The number of aryl methyl sites for hydroxylation is 1. The number of rotatable bonds is 2. The molecule has 0 aliphatic carbocycles. The number of H-pyrrole nitrogens is 1. The number of hydrogen-bond donors (Lipinski definition) is 2. The van der Waals surface area contributed by atoms with Gasteiger partial charge in [-0.25, -0.2) is 4.79 Å². The first-order valence-electron chi connectivity index (χ1n) is 5.43. The molecule has 0 aromatic carbocycles. The van der Waals surface area contributed by atoms with Crippen molar-refractivity contribution in [1.29, 1.82) is 0 Å². The monoisotopic (exact) mass is 238 g/mol. The molecule has 5 heteroatoms. The summed E-state index contributed by atoms with van der Waals surface area (Å²) in [7, 11) is 0. The van der Waals surface area contributed by atoms with Gasteiger partial charge in [0, 0.05) is 11.3 Å². The lowest BCUT2D eigenvalue weighted by atomic mass is 10.2. The van der Waals surface area contributed by atoms with Gasteiger partial charge in [-0.05, 0) is 33.8 Å². The normalized spacial score (nSPS) is 11.1. The van der Waals surface area contributed by atoms with Crippen LogP contribution in [0.4, 0.5) is 4.79 Å². The van der Waals surface area contributed by atoms with Gasteiger partial charge in [0.1, 0.15) is 5.60 Å². The van der Waals surface area contributed by atoms with Crippen molar-refractivity contribution in [3.63, 3.8) is 0 Å². The smallest absolute Gasteiger partial charge is 0.407 e. The highest BCUT2D eigenvalue weighted by atomic mass is 16.6. The Morgan fingerprint density at radius 1 is 1.41 bits per heavy atom. The second-order valence-electron chi connectivity index (χ2n) is 4.85. The number of pyridine rings is 1. The predicted molar refractivity (Wildman–Crippen MR) is 64.9 cm³/mol. The van der Waals surface area contributed by atoms with Gasteiger partial charge in [0.25, 0.3) is 5.56 Å². The van der Waals surface area contributed by atoms with Crippen LogP contribution in [-0.2, 0) is 11.3 Å². The van der Waals surface area contributed by atoms with Gasteiger partial charge in [-0.2, -0.15) is 0 Å². The Labute approximate surface area is 100 Å². The average molecular weight is 238 g/mol. The molecule has 0 fully saturated rings. The van der Waals surface area contributed by atoms with Crippen LogP contribution in [0.5, 0.6) is 0 Å². The Balaban J connectivity index is 2.56. The van der Waals surface area contributed by atoms with E-state index in [0.29, 0.717) is 5.56 Å². The second-order valence-corrected chi connectivity index (χ2v) is 4.85. The van der Waals surface area contributed by atoms with Gasteiger partial charge in [0.15, 0.2) is 0 Å². The molecule has 1 amide bonds.